The summed E-state index contributed by atoms with van der Waals surface area (Å²) < 4.78 is 0. The number of rotatable bonds is 7. The summed E-state index contributed by atoms with van der Waals surface area (Å²) in [7, 11) is 3.92. The van der Waals surface area contributed by atoms with E-state index in [4.69, 9.17) is 0 Å². The molecule has 1 aromatic carbocycles. The summed E-state index contributed by atoms with van der Waals surface area (Å²) >= 11 is 0. The molecule has 4 heteroatoms. The highest BCUT2D eigenvalue weighted by molar-refractivity contribution is 5.98. The maximum Gasteiger partial charge on any atom is 0.224 e. The van der Waals surface area contributed by atoms with E-state index in [2.05, 4.69) is 5.32 Å². The fourth-order valence-corrected chi connectivity index (χ4v) is 1.79. The van der Waals surface area contributed by atoms with Crippen LogP contribution in [-0.4, -0.2) is 43.8 Å². The number of amides is 1. The first-order valence-corrected chi connectivity index (χ1v) is 6.57. The van der Waals surface area contributed by atoms with Crippen LogP contribution in [0.15, 0.2) is 24.3 Å². The van der Waals surface area contributed by atoms with Crippen LogP contribution in [0.3, 0.4) is 0 Å². The normalized spacial score (nSPS) is 10.5. The lowest BCUT2D eigenvalue weighted by Crippen LogP contribution is -2.32. The smallest absolute Gasteiger partial charge is 0.224 e. The number of nitrogens with zero attached hydrogens (tertiary/aromatic N) is 1. The molecule has 4 nitrogen and oxygen atoms in total. The molecule has 0 atom stereocenters. The molecule has 0 saturated carbocycles. The first-order valence-electron chi connectivity index (χ1n) is 6.57. The molecule has 1 amide bonds. The molecule has 19 heavy (non-hydrogen) atoms. The van der Waals surface area contributed by atoms with Crippen molar-refractivity contribution in [3.8, 4) is 0 Å². The molecule has 1 aromatic rings. The number of ketones is 1. The molecule has 0 bridgehead atoms. The minimum atomic E-state index is -0.0433. The number of carbonyl (C=O) groups excluding carboxylic acids is 2. The van der Waals surface area contributed by atoms with Gasteiger partial charge in [0.1, 0.15) is 0 Å². The standard InChI is InChI=1S/C15H22N2O2/c1-4-14(18)13-8-6-5-7-12(13)11-15(19)16-9-10-17(2)3/h5-8H,4,9-11H2,1-3H3,(H,16,19). The Morgan fingerprint density at radius 2 is 1.89 bits per heavy atom. The molecule has 0 aliphatic rings. The van der Waals surface area contributed by atoms with E-state index in [1.165, 1.54) is 0 Å². The van der Waals surface area contributed by atoms with E-state index in [1.54, 1.807) is 6.07 Å². The molecular formula is C15H22N2O2. The van der Waals surface area contributed by atoms with E-state index < -0.39 is 0 Å². The third kappa shape index (κ3) is 5.22. The molecule has 1 N–H and O–H groups in total. The summed E-state index contributed by atoms with van der Waals surface area (Å²) in [6.45, 7) is 3.26. The van der Waals surface area contributed by atoms with Gasteiger partial charge in [-0.1, -0.05) is 31.2 Å². The second kappa shape index (κ2) is 7.69. The highest BCUT2D eigenvalue weighted by Gasteiger charge is 2.11. The molecule has 0 aliphatic carbocycles. The summed E-state index contributed by atoms with van der Waals surface area (Å²) in [5.74, 6) is 0.0369. The van der Waals surface area contributed by atoms with E-state index in [0.29, 0.717) is 18.5 Å². The molecule has 0 saturated heterocycles. The Labute approximate surface area is 114 Å². The number of hydrogen-bond donors (Lipinski definition) is 1. The maximum absolute atomic E-state index is 11.8. The van der Waals surface area contributed by atoms with Gasteiger partial charge in [0.15, 0.2) is 5.78 Å². The van der Waals surface area contributed by atoms with Crippen LogP contribution in [0.2, 0.25) is 0 Å². The maximum atomic E-state index is 11.8. The number of benzene rings is 1. The zero-order valence-electron chi connectivity index (χ0n) is 11.9. The van der Waals surface area contributed by atoms with Crippen molar-refractivity contribution in [3.63, 3.8) is 0 Å². The molecule has 0 aliphatic heterocycles. The third-order valence-electron chi connectivity index (χ3n) is 2.87. The molecular weight excluding hydrogens is 240 g/mol. The van der Waals surface area contributed by atoms with E-state index in [9.17, 15) is 9.59 Å². The van der Waals surface area contributed by atoms with Crippen LogP contribution in [-0.2, 0) is 11.2 Å². The lowest BCUT2D eigenvalue weighted by molar-refractivity contribution is -0.120. The van der Waals surface area contributed by atoms with Crippen molar-refractivity contribution in [3.05, 3.63) is 35.4 Å². The predicted octanol–water partition coefficient (Wildman–Crippen LogP) is 1.50. The number of Topliss-reactive ketones (excluding diaryl/α,β-unsaturated/α-hetero) is 1. The van der Waals surface area contributed by atoms with Crippen LogP contribution in [0.25, 0.3) is 0 Å². The fraction of sp³-hybridized carbons (Fsp3) is 0.467. The summed E-state index contributed by atoms with van der Waals surface area (Å²) in [5.41, 5.74) is 1.46. The van der Waals surface area contributed by atoms with Gasteiger partial charge in [0.05, 0.1) is 6.42 Å². The van der Waals surface area contributed by atoms with Gasteiger partial charge in [-0.3, -0.25) is 9.59 Å². The summed E-state index contributed by atoms with van der Waals surface area (Å²) in [4.78, 5) is 25.6. The Kier molecular flexibility index (Phi) is 6.22. The van der Waals surface area contributed by atoms with E-state index >= 15 is 0 Å². The Balaban J connectivity index is 2.61. The Hall–Kier alpha value is -1.68. The van der Waals surface area contributed by atoms with Crippen molar-refractivity contribution < 1.29 is 9.59 Å². The van der Waals surface area contributed by atoms with Crippen molar-refractivity contribution in [2.75, 3.05) is 27.2 Å². The first kappa shape index (κ1) is 15.4. The van der Waals surface area contributed by atoms with Gasteiger partial charge >= 0.3 is 0 Å². The largest absolute Gasteiger partial charge is 0.355 e. The second-order valence-electron chi connectivity index (χ2n) is 4.76. The fourth-order valence-electron chi connectivity index (χ4n) is 1.79. The highest BCUT2D eigenvalue weighted by Crippen LogP contribution is 2.11. The number of nitrogens with one attached hydrogen (secondary N) is 1. The SMILES string of the molecule is CCC(=O)c1ccccc1CC(=O)NCCN(C)C. The van der Waals surface area contributed by atoms with Crippen molar-refractivity contribution >= 4 is 11.7 Å². The molecule has 0 heterocycles. The minimum absolute atomic E-state index is 0.0433. The van der Waals surface area contributed by atoms with Crippen LogP contribution in [0.5, 0.6) is 0 Å². The van der Waals surface area contributed by atoms with Crippen LogP contribution in [0.4, 0.5) is 0 Å². The lowest BCUT2D eigenvalue weighted by atomic mass is 9.99. The van der Waals surface area contributed by atoms with E-state index in [-0.39, 0.29) is 18.1 Å². The summed E-state index contributed by atoms with van der Waals surface area (Å²) in [6, 6.07) is 7.31. The first-order chi connectivity index (χ1) is 9.04. The Morgan fingerprint density at radius 3 is 2.53 bits per heavy atom. The lowest BCUT2D eigenvalue weighted by Gasteiger charge is -2.11. The highest BCUT2D eigenvalue weighted by atomic mass is 16.1. The topological polar surface area (TPSA) is 49.4 Å². The number of carbonyl (C=O) groups is 2. The quantitative estimate of drug-likeness (QED) is 0.758. The third-order valence-corrected chi connectivity index (χ3v) is 2.87. The average Bonchev–Trinajstić information content (AvgIpc) is 2.38. The van der Waals surface area contributed by atoms with Gasteiger partial charge in [-0.05, 0) is 19.7 Å². The zero-order valence-corrected chi connectivity index (χ0v) is 11.9. The molecule has 0 radical (unpaired) electrons. The molecule has 0 aromatic heterocycles. The van der Waals surface area contributed by atoms with E-state index in [0.717, 1.165) is 12.1 Å². The van der Waals surface area contributed by atoms with Gasteiger partial charge in [0.25, 0.3) is 0 Å². The van der Waals surface area contributed by atoms with Crippen LogP contribution in [0, 0.1) is 0 Å². The van der Waals surface area contributed by atoms with Gasteiger partial charge < -0.3 is 10.2 Å². The number of hydrogen-bond acceptors (Lipinski definition) is 3. The van der Waals surface area contributed by atoms with Crippen molar-refractivity contribution in [2.24, 2.45) is 0 Å². The summed E-state index contributed by atoms with van der Waals surface area (Å²) in [5, 5.41) is 2.85. The molecule has 104 valence electrons. The van der Waals surface area contributed by atoms with Gasteiger partial charge in [-0.2, -0.15) is 0 Å². The molecule has 0 fully saturated rings. The van der Waals surface area contributed by atoms with Crippen molar-refractivity contribution in [1.29, 1.82) is 0 Å². The van der Waals surface area contributed by atoms with Gasteiger partial charge in [-0.25, -0.2) is 0 Å². The van der Waals surface area contributed by atoms with E-state index in [1.807, 2.05) is 44.1 Å². The van der Waals surface area contributed by atoms with Crippen molar-refractivity contribution in [1.82, 2.24) is 10.2 Å². The van der Waals surface area contributed by atoms with Gasteiger partial charge in [0.2, 0.25) is 5.91 Å². The Morgan fingerprint density at radius 1 is 1.21 bits per heavy atom. The monoisotopic (exact) mass is 262 g/mol. The zero-order chi connectivity index (χ0) is 14.3. The van der Waals surface area contributed by atoms with Crippen LogP contribution in [0.1, 0.15) is 29.3 Å². The van der Waals surface area contributed by atoms with Crippen LogP contribution < -0.4 is 5.32 Å². The second-order valence-corrected chi connectivity index (χ2v) is 4.76. The predicted molar refractivity (Wildman–Crippen MR) is 76.3 cm³/mol. The summed E-state index contributed by atoms with van der Waals surface area (Å²) in [6.07, 6.45) is 0.717. The molecule has 1 rings (SSSR count). The minimum Gasteiger partial charge on any atom is -0.355 e. The molecule has 0 spiro atoms. The average molecular weight is 262 g/mol. The van der Waals surface area contributed by atoms with Crippen LogP contribution >= 0.6 is 0 Å². The molecule has 0 unspecified atom stereocenters. The van der Waals surface area contributed by atoms with Crippen molar-refractivity contribution in [2.45, 2.75) is 19.8 Å². The van der Waals surface area contributed by atoms with Gasteiger partial charge in [-0.15, -0.1) is 0 Å². The number of likely N-dealkylation sites (N-methyl/N-ethyl adjacent to an activating group) is 1. The van der Waals surface area contributed by atoms with Gasteiger partial charge in [0, 0.05) is 25.1 Å². The Bertz CT molecular complexity index is 442.